The molecule has 1 aromatic carbocycles. The lowest BCUT2D eigenvalue weighted by molar-refractivity contribution is 0.625. The maximum absolute atomic E-state index is 6.32. The Morgan fingerprint density at radius 2 is 2.05 bits per heavy atom. The van der Waals surface area contributed by atoms with E-state index in [4.69, 9.17) is 16.6 Å². The molecule has 0 amide bonds. The minimum atomic E-state index is 0.0858. The summed E-state index contributed by atoms with van der Waals surface area (Å²) in [5, 5.41) is 5.38. The normalized spacial score (nSPS) is 12.6. The topological polar surface area (TPSA) is 24.9 Å². The van der Waals surface area contributed by atoms with E-state index >= 15 is 0 Å². The van der Waals surface area contributed by atoms with Gasteiger partial charge in [0, 0.05) is 9.90 Å². The second-order valence-corrected chi connectivity index (χ2v) is 6.06. The fourth-order valence-corrected chi connectivity index (χ4v) is 3.50. The largest absolute Gasteiger partial charge is 0.304 e. The first-order valence-corrected chi connectivity index (χ1v) is 7.80. The molecule has 0 aliphatic carbocycles. The van der Waals surface area contributed by atoms with E-state index in [1.807, 2.05) is 18.2 Å². The molecule has 1 N–H and O–H groups in total. The minimum Gasteiger partial charge on any atom is -0.304 e. The number of nitrogens with zero attached hydrogens (tertiary/aromatic N) is 1. The highest BCUT2D eigenvalue weighted by Gasteiger charge is 2.20. The van der Waals surface area contributed by atoms with Crippen LogP contribution in [0.4, 0.5) is 0 Å². The summed E-state index contributed by atoms with van der Waals surface area (Å²) < 4.78 is 0. The van der Waals surface area contributed by atoms with Crippen LogP contribution in [0, 0.1) is 6.92 Å². The van der Waals surface area contributed by atoms with Crippen LogP contribution in [0.1, 0.15) is 41.0 Å². The lowest BCUT2D eigenvalue weighted by atomic mass is 10.1. The Hall–Kier alpha value is -0.900. The lowest BCUT2D eigenvalue weighted by Crippen LogP contribution is -2.22. The van der Waals surface area contributed by atoms with Gasteiger partial charge in [0.1, 0.15) is 5.01 Å². The van der Waals surface area contributed by atoms with Crippen LogP contribution in [0.2, 0.25) is 5.02 Å². The fraction of sp³-hybridized carbons (Fsp3) is 0.400. The van der Waals surface area contributed by atoms with Crippen molar-refractivity contribution in [3.63, 3.8) is 0 Å². The summed E-state index contributed by atoms with van der Waals surface area (Å²) >= 11 is 8.08. The predicted molar refractivity (Wildman–Crippen MR) is 83.2 cm³/mol. The third-order valence-electron chi connectivity index (χ3n) is 3.12. The molecule has 102 valence electrons. The quantitative estimate of drug-likeness (QED) is 0.886. The SMILES string of the molecule is CCNC(c1nc(CC)c(C)s1)c1ccccc1Cl. The van der Waals surface area contributed by atoms with Crippen molar-refractivity contribution >= 4 is 22.9 Å². The van der Waals surface area contributed by atoms with Crippen molar-refractivity contribution in [1.82, 2.24) is 10.3 Å². The molecule has 2 rings (SSSR count). The first kappa shape index (κ1) is 14.5. The molecule has 0 fully saturated rings. The molecule has 0 saturated heterocycles. The Kier molecular flexibility index (Phi) is 4.97. The van der Waals surface area contributed by atoms with Gasteiger partial charge >= 0.3 is 0 Å². The van der Waals surface area contributed by atoms with E-state index in [0.29, 0.717) is 0 Å². The van der Waals surface area contributed by atoms with Crippen LogP contribution < -0.4 is 5.32 Å². The first-order chi connectivity index (χ1) is 9.17. The van der Waals surface area contributed by atoms with Crippen molar-refractivity contribution in [3.8, 4) is 0 Å². The average molecular weight is 295 g/mol. The van der Waals surface area contributed by atoms with E-state index in [2.05, 4.69) is 32.2 Å². The number of thiazole rings is 1. The molecular formula is C15H19ClN2S. The Bertz CT molecular complexity index is 551. The molecule has 0 bridgehead atoms. The molecule has 1 unspecified atom stereocenters. The summed E-state index contributed by atoms with van der Waals surface area (Å²) in [5.41, 5.74) is 2.29. The molecule has 1 atom stereocenters. The van der Waals surface area contributed by atoms with Crippen LogP contribution in [0.3, 0.4) is 0 Å². The van der Waals surface area contributed by atoms with Crippen molar-refractivity contribution in [2.24, 2.45) is 0 Å². The minimum absolute atomic E-state index is 0.0858. The Morgan fingerprint density at radius 3 is 2.63 bits per heavy atom. The zero-order valence-electron chi connectivity index (χ0n) is 11.5. The average Bonchev–Trinajstić information content (AvgIpc) is 2.78. The van der Waals surface area contributed by atoms with Crippen molar-refractivity contribution in [1.29, 1.82) is 0 Å². The molecule has 0 aliphatic rings. The summed E-state index contributed by atoms with van der Waals surface area (Å²) in [6.07, 6.45) is 0.976. The van der Waals surface area contributed by atoms with Gasteiger partial charge in [-0.3, -0.25) is 0 Å². The zero-order chi connectivity index (χ0) is 13.8. The van der Waals surface area contributed by atoms with Gasteiger partial charge in [0.2, 0.25) is 0 Å². The maximum Gasteiger partial charge on any atom is 0.115 e. The van der Waals surface area contributed by atoms with E-state index in [0.717, 1.165) is 28.6 Å². The molecule has 1 heterocycles. The molecule has 0 aliphatic heterocycles. The molecule has 2 nitrogen and oxygen atoms in total. The van der Waals surface area contributed by atoms with Crippen LogP contribution in [-0.2, 0) is 6.42 Å². The Morgan fingerprint density at radius 1 is 1.32 bits per heavy atom. The Balaban J connectivity index is 2.42. The number of rotatable bonds is 5. The number of nitrogens with one attached hydrogen (secondary N) is 1. The number of aromatic nitrogens is 1. The van der Waals surface area contributed by atoms with Crippen LogP contribution in [-0.4, -0.2) is 11.5 Å². The summed E-state index contributed by atoms with van der Waals surface area (Å²) in [7, 11) is 0. The van der Waals surface area contributed by atoms with Gasteiger partial charge < -0.3 is 5.32 Å². The number of halogens is 1. The molecule has 0 saturated carbocycles. The predicted octanol–water partition coefficient (Wildman–Crippen LogP) is 4.37. The molecule has 0 radical (unpaired) electrons. The number of hydrogen-bond acceptors (Lipinski definition) is 3. The van der Waals surface area contributed by atoms with Crippen molar-refractivity contribution in [2.75, 3.05) is 6.54 Å². The highest BCUT2D eigenvalue weighted by molar-refractivity contribution is 7.11. The van der Waals surface area contributed by atoms with E-state index in [-0.39, 0.29) is 6.04 Å². The molecule has 1 aromatic heterocycles. The maximum atomic E-state index is 6.32. The summed E-state index contributed by atoms with van der Waals surface area (Å²) in [6, 6.07) is 8.06. The highest BCUT2D eigenvalue weighted by Crippen LogP contribution is 2.32. The van der Waals surface area contributed by atoms with E-state index < -0.39 is 0 Å². The van der Waals surface area contributed by atoms with Crippen molar-refractivity contribution < 1.29 is 0 Å². The van der Waals surface area contributed by atoms with Gasteiger partial charge in [0.15, 0.2) is 0 Å². The van der Waals surface area contributed by atoms with Crippen LogP contribution in [0.25, 0.3) is 0 Å². The third kappa shape index (κ3) is 3.16. The van der Waals surface area contributed by atoms with Crippen LogP contribution in [0.15, 0.2) is 24.3 Å². The number of aryl methyl sites for hydroxylation is 2. The molecular weight excluding hydrogens is 276 g/mol. The van der Waals surface area contributed by atoms with Crippen LogP contribution >= 0.6 is 22.9 Å². The van der Waals surface area contributed by atoms with E-state index in [1.165, 1.54) is 10.6 Å². The Labute approximate surface area is 123 Å². The van der Waals surface area contributed by atoms with Gasteiger partial charge in [-0.15, -0.1) is 11.3 Å². The summed E-state index contributed by atoms with van der Waals surface area (Å²) in [4.78, 5) is 6.06. The number of benzene rings is 1. The number of hydrogen-bond donors (Lipinski definition) is 1. The highest BCUT2D eigenvalue weighted by atomic mass is 35.5. The second-order valence-electron chi connectivity index (χ2n) is 4.42. The third-order valence-corrected chi connectivity index (χ3v) is 4.54. The van der Waals surface area contributed by atoms with Gasteiger partial charge in [0.05, 0.1) is 11.7 Å². The molecule has 4 heteroatoms. The molecule has 19 heavy (non-hydrogen) atoms. The van der Waals surface area contributed by atoms with Gasteiger partial charge in [-0.1, -0.05) is 43.6 Å². The lowest BCUT2D eigenvalue weighted by Gasteiger charge is -2.17. The molecule has 2 aromatic rings. The van der Waals surface area contributed by atoms with E-state index in [9.17, 15) is 0 Å². The van der Waals surface area contributed by atoms with Crippen molar-refractivity contribution in [2.45, 2.75) is 33.2 Å². The van der Waals surface area contributed by atoms with Crippen molar-refractivity contribution in [3.05, 3.63) is 50.4 Å². The molecule has 0 spiro atoms. The monoisotopic (exact) mass is 294 g/mol. The standard InChI is InChI=1S/C15H19ClN2S/c1-4-13-10(3)19-15(18-13)14(17-5-2)11-8-6-7-9-12(11)16/h6-9,14,17H,4-5H2,1-3H3. The zero-order valence-corrected chi connectivity index (χ0v) is 13.1. The van der Waals surface area contributed by atoms with Gasteiger partial charge in [0.25, 0.3) is 0 Å². The van der Waals surface area contributed by atoms with Gasteiger partial charge in [-0.2, -0.15) is 0 Å². The summed E-state index contributed by atoms with van der Waals surface area (Å²) in [6.45, 7) is 7.26. The van der Waals surface area contributed by atoms with Gasteiger partial charge in [-0.25, -0.2) is 4.98 Å². The first-order valence-electron chi connectivity index (χ1n) is 6.61. The smallest absolute Gasteiger partial charge is 0.115 e. The second kappa shape index (κ2) is 6.51. The van der Waals surface area contributed by atoms with E-state index in [1.54, 1.807) is 11.3 Å². The van der Waals surface area contributed by atoms with Gasteiger partial charge in [-0.05, 0) is 31.5 Å². The fourth-order valence-electron chi connectivity index (χ4n) is 2.15. The van der Waals surface area contributed by atoms with Crippen LogP contribution in [0.5, 0.6) is 0 Å². The summed E-state index contributed by atoms with van der Waals surface area (Å²) in [5.74, 6) is 0.